The molecule has 0 unspecified atom stereocenters. The first-order valence-corrected chi connectivity index (χ1v) is 11.1. The van der Waals surface area contributed by atoms with Crippen molar-refractivity contribution < 1.29 is 16.8 Å². The van der Waals surface area contributed by atoms with Crippen LogP contribution in [-0.4, -0.2) is 34.2 Å². The average molecular weight is 430 g/mol. The zero-order valence-corrected chi connectivity index (χ0v) is 15.9. The Labute approximate surface area is 150 Å². The van der Waals surface area contributed by atoms with Crippen LogP contribution in [0.15, 0.2) is 67.7 Å². The van der Waals surface area contributed by atoms with E-state index in [2.05, 4.69) is 15.9 Å². The van der Waals surface area contributed by atoms with Gasteiger partial charge in [0.05, 0.1) is 14.7 Å². The van der Waals surface area contributed by atoms with E-state index in [1.165, 1.54) is 40.7 Å². The lowest BCUT2D eigenvalue weighted by molar-refractivity contribution is 0.477. The topological polar surface area (TPSA) is 71.5 Å². The van der Waals surface area contributed by atoms with Gasteiger partial charge in [-0.2, -0.15) is 4.31 Å². The highest BCUT2D eigenvalue weighted by Crippen LogP contribution is 2.27. The van der Waals surface area contributed by atoms with Crippen molar-refractivity contribution in [1.82, 2.24) is 4.31 Å². The molecule has 2 aromatic rings. The third-order valence-corrected chi connectivity index (χ3v) is 8.13. The van der Waals surface area contributed by atoms with Crippen molar-refractivity contribution in [3.8, 4) is 0 Å². The summed E-state index contributed by atoms with van der Waals surface area (Å²) in [6.07, 6.45) is 1.66. The monoisotopic (exact) mass is 429 g/mol. The fourth-order valence-electron chi connectivity index (χ4n) is 2.63. The molecule has 0 amide bonds. The van der Waals surface area contributed by atoms with E-state index in [-0.39, 0.29) is 14.7 Å². The molecule has 0 aromatic heterocycles. The summed E-state index contributed by atoms with van der Waals surface area (Å²) in [6.45, 7) is 0.956. The van der Waals surface area contributed by atoms with Crippen LogP contribution in [0.3, 0.4) is 0 Å². The Bertz CT molecular complexity index is 948. The first-order chi connectivity index (χ1) is 11.3. The van der Waals surface area contributed by atoms with Crippen molar-refractivity contribution in [3.63, 3.8) is 0 Å². The van der Waals surface area contributed by atoms with Gasteiger partial charge >= 0.3 is 0 Å². The van der Waals surface area contributed by atoms with Crippen molar-refractivity contribution in [3.05, 3.63) is 53.0 Å². The number of nitrogens with zero attached hydrogens (tertiary/aromatic N) is 1. The van der Waals surface area contributed by atoms with Gasteiger partial charge < -0.3 is 0 Å². The Hall–Kier alpha value is -1.22. The zero-order valence-electron chi connectivity index (χ0n) is 12.7. The SMILES string of the molecule is O=S(=O)(c1ccc(Br)cc1)c1cccc(S(=O)(=O)N2CCCC2)c1. The summed E-state index contributed by atoms with van der Waals surface area (Å²) in [7, 11) is -7.41. The van der Waals surface area contributed by atoms with Gasteiger partial charge in [0.25, 0.3) is 0 Å². The fraction of sp³-hybridized carbons (Fsp3) is 0.250. The van der Waals surface area contributed by atoms with Gasteiger partial charge in [-0.25, -0.2) is 16.8 Å². The molecule has 1 aliphatic heterocycles. The number of rotatable bonds is 4. The van der Waals surface area contributed by atoms with Gasteiger partial charge in [0.2, 0.25) is 19.9 Å². The van der Waals surface area contributed by atoms with E-state index in [4.69, 9.17) is 0 Å². The number of sulfone groups is 1. The molecule has 0 radical (unpaired) electrons. The second-order valence-electron chi connectivity index (χ2n) is 5.54. The van der Waals surface area contributed by atoms with Gasteiger partial charge in [0.1, 0.15) is 0 Å². The molecule has 0 spiro atoms. The number of hydrogen-bond acceptors (Lipinski definition) is 4. The average Bonchev–Trinajstić information content (AvgIpc) is 3.11. The lowest BCUT2D eigenvalue weighted by Crippen LogP contribution is -2.28. The third-order valence-electron chi connectivity index (χ3n) is 3.94. The summed E-state index contributed by atoms with van der Waals surface area (Å²) < 4.78 is 52.9. The van der Waals surface area contributed by atoms with Gasteiger partial charge in [0.15, 0.2) is 0 Å². The highest BCUT2D eigenvalue weighted by molar-refractivity contribution is 9.10. The highest BCUT2D eigenvalue weighted by Gasteiger charge is 2.28. The van der Waals surface area contributed by atoms with Gasteiger partial charge in [-0.05, 0) is 55.3 Å². The largest absolute Gasteiger partial charge is 0.243 e. The smallest absolute Gasteiger partial charge is 0.219 e. The minimum atomic E-state index is -3.77. The first kappa shape index (κ1) is 17.6. The van der Waals surface area contributed by atoms with E-state index in [1.54, 1.807) is 12.1 Å². The van der Waals surface area contributed by atoms with Gasteiger partial charge in [-0.1, -0.05) is 22.0 Å². The zero-order chi connectivity index (χ0) is 17.4. The van der Waals surface area contributed by atoms with Crippen LogP contribution in [0.25, 0.3) is 0 Å². The standard InChI is InChI=1S/C16H16BrNO4S2/c17-13-6-8-14(9-7-13)23(19,20)15-4-3-5-16(12-15)24(21,22)18-10-1-2-11-18/h3-9,12H,1-2,10-11H2. The molecule has 0 saturated carbocycles. The van der Waals surface area contributed by atoms with Crippen LogP contribution in [0.5, 0.6) is 0 Å². The Morgan fingerprint density at radius 2 is 1.38 bits per heavy atom. The summed E-state index contributed by atoms with van der Waals surface area (Å²) in [6, 6.07) is 11.8. The van der Waals surface area contributed by atoms with E-state index in [9.17, 15) is 16.8 Å². The lowest BCUT2D eigenvalue weighted by atomic mass is 10.4. The molecule has 0 atom stereocenters. The first-order valence-electron chi connectivity index (χ1n) is 7.43. The molecule has 128 valence electrons. The Morgan fingerprint density at radius 1 is 0.792 bits per heavy atom. The summed E-state index contributed by atoms with van der Waals surface area (Å²) >= 11 is 3.26. The number of hydrogen-bond donors (Lipinski definition) is 0. The van der Waals surface area contributed by atoms with Crippen molar-refractivity contribution in [2.24, 2.45) is 0 Å². The molecule has 0 aliphatic carbocycles. The maximum Gasteiger partial charge on any atom is 0.243 e. The third kappa shape index (κ3) is 3.28. The molecule has 24 heavy (non-hydrogen) atoms. The Balaban J connectivity index is 2.03. The van der Waals surface area contributed by atoms with E-state index in [0.717, 1.165) is 17.3 Å². The molecule has 8 heteroatoms. The number of benzene rings is 2. The molecule has 1 heterocycles. The van der Waals surface area contributed by atoms with Crippen molar-refractivity contribution in [2.75, 3.05) is 13.1 Å². The maximum absolute atomic E-state index is 12.7. The minimum absolute atomic E-state index is 0.0163. The molecule has 1 fully saturated rings. The predicted octanol–water partition coefficient (Wildman–Crippen LogP) is 3.07. The Morgan fingerprint density at radius 3 is 2.00 bits per heavy atom. The fourth-order valence-corrected chi connectivity index (χ4v) is 5.84. The summed E-state index contributed by atoms with van der Waals surface area (Å²) in [5.74, 6) is 0. The van der Waals surface area contributed by atoms with Crippen LogP contribution in [-0.2, 0) is 19.9 Å². The second-order valence-corrected chi connectivity index (χ2v) is 10.3. The molecular formula is C16H16BrNO4S2. The van der Waals surface area contributed by atoms with Crippen LogP contribution in [0, 0.1) is 0 Å². The minimum Gasteiger partial charge on any atom is -0.219 e. The van der Waals surface area contributed by atoms with Crippen LogP contribution in [0.4, 0.5) is 0 Å². The van der Waals surface area contributed by atoms with Crippen molar-refractivity contribution in [1.29, 1.82) is 0 Å². The molecule has 0 bridgehead atoms. The van der Waals surface area contributed by atoms with Crippen molar-refractivity contribution >= 4 is 35.8 Å². The van der Waals surface area contributed by atoms with Crippen LogP contribution in [0.1, 0.15) is 12.8 Å². The summed E-state index contributed by atoms with van der Waals surface area (Å²) in [5.41, 5.74) is 0. The maximum atomic E-state index is 12.7. The lowest BCUT2D eigenvalue weighted by Gasteiger charge is -2.16. The van der Waals surface area contributed by atoms with Crippen LogP contribution < -0.4 is 0 Å². The van der Waals surface area contributed by atoms with E-state index in [1.807, 2.05) is 0 Å². The molecule has 1 saturated heterocycles. The predicted molar refractivity (Wildman–Crippen MR) is 94.0 cm³/mol. The normalized spacial score (nSPS) is 16.4. The Kier molecular flexibility index (Phi) is 4.83. The second kappa shape index (κ2) is 6.59. The molecule has 0 N–H and O–H groups in total. The van der Waals surface area contributed by atoms with E-state index < -0.39 is 19.9 Å². The molecule has 1 aliphatic rings. The molecule has 2 aromatic carbocycles. The summed E-state index contributed by atoms with van der Waals surface area (Å²) in [5, 5.41) is 0. The van der Waals surface area contributed by atoms with Crippen LogP contribution in [0.2, 0.25) is 0 Å². The molecule has 3 rings (SSSR count). The quantitative estimate of drug-likeness (QED) is 0.748. The number of sulfonamides is 1. The van der Waals surface area contributed by atoms with Crippen LogP contribution >= 0.6 is 15.9 Å². The van der Waals surface area contributed by atoms with E-state index >= 15 is 0 Å². The van der Waals surface area contributed by atoms with Gasteiger partial charge in [-0.15, -0.1) is 0 Å². The molecule has 5 nitrogen and oxygen atoms in total. The van der Waals surface area contributed by atoms with Gasteiger partial charge in [0, 0.05) is 17.6 Å². The number of halogens is 1. The molecular weight excluding hydrogens is 414 g/mol. The highest BCUT2D eigenvalue weighted by atomic mass is 79.9. The van der Waals surface area contributed by atoms with Gasteiger partial charge in [-0.3, -0.25) is 0 Å². The summed E-state index contributed by atoms with van der Waals surface area (Å²) in [4.78, 5) is 0.120. The van der Waals surface area contributed by atoms with E-state index in [0.29, 0.717) is 13.1 Å². The van der Waals surface area contributed by atoms with Crippen molar-refractivity contribution in [2.45, 2.75) is 27.5 Å².